The van der Waals surface area contributed by atoms with Crippen molar-refractivity contribution in [3.05, 3.63) is 18.3 Å². The number of aromatic amines is 1. The summed E-state index contributed by atoms with van der Waals surface area (Å²) in [5.41, 5.74) is 0. The SMILES string of the molecule is c1c[nH]c(NCN2CCNCC2)c1. The van der Waals surface area contributed by atoms with Gasteiger partial charge in [0.15, 0.2) is 0 Å². The number of nitrogens with zero attached hydrogens (tertiary/aromatic N) is 1. The largest absolute Gasteiger partial charge is 0.359 e. The summed E-state index contributed by atoms with van der Waals surface area (Å²) in [7, 11) is 0. The molecule has 2 rings (SSSR count). The molecule has 1 fully saturated rings. The highest BCUT2D eigenvalue weighted by molar-refractivity contribution is 5.33. The molecular weight excluding hydrogens is 164 g/mol. The molecule has 0 unspecified atom stereocenters. The summed E-state index contributed by atoms with van der Waals surface area (Å²) in [4.78, 5) is 5.52. The van der Waals surface area contributed by atoms with Crippen LogP contribution in [0.25, 0.3) is 0 Å². The van der Waals surface area contributed by atoms with Crippen LogP contribution >= 0.6 is 0 Å². The van der Waals surface area contributed by atoms with Crippen LogP contribution in [-0.2, 0) is 0 Å². The van der Waals surface area contributed by atoms with Gasteiger partial charge in [0.1, 0.15) is 5.82 Å². The lowest BCUT2D eigenvalue weighted by Gasteiger charge is -2.27. The fourth-order valence-corrected chi connectivity index (χ4v) is 1.51. The molecular formula is C9H16N4. The summed E-state index contributed by atoms with van der Waals surface area (Å²) in [6, 6.07) is 4.04. The smallest absolute Gasteiger partial charge is 0.104 e. The van der Waals surface area contributed by atoms with Crippen LogP contribution in [0.5, 0.6) is 0 Å². The summed E-state index contributed by atoms with van der Waals surface area (Å²) in [5, 5.41) is 6.67. The van der Waals surface area contributed by atoms with Crippen molar-refractivity contribution in [1.29, 1.82) is 0 Å². The van der Waals surface area contributed by atoms with Gasteiger partial charge in [-0.1, -0.05) is 0 Å². The number of rotatable bonds is 3. The number of nitrogens with one attached hydrogen (secondary N) is 3. The molecule has 1 aromatic rings. The predicted octanol–water partition coefficient (Wildman–Crippen LogP) is 0.289. The third-order valence-corrected chi connectivity index (χ3v) is 2.30. The zero-order valence-electron chi connectivity index (χ0n) is 7.71. The summed E-state index contributed by atoms with van der Waals surface area (Å²) < 4.78 is 0. The molecule has 0 atom stereocenters. The van der Waals surface area contributed by atoms with Gasteiger partial charge in [0, 0.05) is 32.4 Å². The fraction of sp³-hybridized carbons (Fsp3) is 0.556. The Morgan fingerprint density at radius 3 is 2.92 bits per heavy atom. The number of aromatic nitrogens is 1. The molecule has 0 aromatic carbocycles. The highest BCUT2D eigenvalue weighted by Crippen LogP contribution is 2.01. The first-order valence-corrected chi connectivity index (χ1v) is 4.75. The number of hydrogen-bond acceptors (Lipinski definition) is 3. The summed E-state index contributed by atoms with van der Waals surface area (Å²) >= 11 is 0. The molecule has 0 amide bonds. The van der Waals surface area contributed by atoms with Crippen LogP contribution < -0.4 is 10.6 Å². The Balaban J connectivity index is 1.72. The molecule has 0 saturated carbocycles. The van der Waals surface area contributed by atoms with Gasteiger partial charge in [-0.2, -0.15) is 0 Å². The van der Waals surface area contributed by atoms with Crippen LogP contribution in [0, 0.1) is 0 Å². The molecule has 4 heteroatoms. The summed E-state index contributed by atoms with van der Waals surface area (Å²) in [5.74, 6) is 1.10. The first-order valence-electron chi connectivity index (χ1n) is 4.75. The van der Waals surface area contributed by atoms with Crippen LogP contribution in [0.15, 0.2) is 18.3 Å². The minimum absolute atomic E-state index is 0.933. The van der Waals surface area contributed by atoms with Crippen molar-refractivity contribution in [2.75, 3.05) is 38.2 Å². The quantitative estimate of drug-likeness (QED) is 0.626. The maximum atomic E-state index is 3.34. The van der Waals surface area contributed by atoms with E-state index in [-0.39, 0.29) is 0 Å². The number of hydrogen-bond donors (Lipinski definition) is 3. The molecule has 0 spiro atoms. The molecule has 2 heterocycles. The second-order valence-electron chi connectivity index (χ2n) is 3.29. The number of anilines is 1. The van der Waals surface area contributed by atoms with Gasteiger partial charge in [-0.15, -0.1) is 0 Å². The zero-order valence-corrected chi connectivity index (χ0v) is 7.71. The lowest BCUT2D eigenvalue weighted by atomic mass is 10.4. The highest BCUT2D eigenvalue weighted by atomic mass is 15.3. The van der Waals surface area contributed by atoms with E-state index in [2.05, 4.69) is 20.5 Å². The Morgan fingerprint density at radius 1 is 1.38 bits per heavy atom. The van der Waals surface area contributed by atoms with E-state index in [1.807, 2.05) is 18.3 Å². The molecule has 1 aromatic heterocycles. The molecule has 4 nitrogen and oxygen atoms in total. The molecule has 0 aliphatic carbocycles. The van der Waals surface area contributed by atoms with E-state index >= 15 is 0 Å². The van der Waals surface area contributed by atoms with Crippen molar-refractivity contribution in [3.8, 4) is 0 Å². The van der Waals surface area contributed by atoms with Crippen molar-refractivity contribution < 1.29 is 0 Å². The first-order chi connectivity index (χ1) is 6.45. The maximum absolute atomic E-state index is 3.34. The summed E-state index contributed by atoms with van der Waals surface area (Å²) in [6.45, 7) is 5.41. The van der Waals surface area contributed by atoms with Gasteiger partial charge in [-0.25, -0.2) is 0 Å². The molecule has 72 valence electrons. The average molecular weight is 180 g/mol. The molecule has 13 heavy (non-hydrogen) atoms. The first kappa shape index (κ1) is 8.59. The van der Waals surface area contributed by atoms with E-state index in [1.54, 1.807) is 0 Å². The molecule has 1 saturated heterocycles. The molecule has 0 bridgehead atoms. The number of piperazine rings is 1. The molecule has 3 N–H and O–H groups in total. The van der Waals surface area contributed by atoms with Gasteiger partial charge < -0.3 is 15.6 Å². The Kier molecular flexibility index (Phi) is 2.84. The number of H-pyrrole nitrogens is 1. The van der Waals surface area contributed by atoms with Crippen molar-refractivity contribution in [2.45, 2.75) is 0 Å². The topological polar surface area (TPSA) is 43.1 Å². The Morgan fingerprint density at radius 2 is 2.23 bits per heavy atom. The van der Waals surface area contributed by atoms with Gasteiger partial charge in [0.25, 0.3) is 0 Å². The minimum Gasteiger partial charge on any atom is -0.359 e. The van der Waals surface area contributed by atoms with Gasteiger partial charge in [0.05, 0.1) is 6.67 Å². The Bertz CT molecular complexity index is 226. The van der Waals surface area contributed by atoms with Crippen LogP contribution in [0.2, 0.25) is 0 Å². The van der Waals surface area contributed by atoms with E-state index in [0.29, 0.717) is 0 Å². The normalized spacial score (nSPS) is 18.8. The monoisotopic (exact) mass is 180 g/mol. The van der Waals surface area contributed by atoms with Crippen LogP contribution in [0.4, 0.5) is 5.82 Å². The predicted molar refractivity (Wildman–Crippen MR) is 53.7 cm³/mol. The molecule has 0 radical (unpaired) electrons. The lowest BCUT2D eigenvalue weighted by Crippen LogP contribution is -2.45. The second-order valence-corrected chi connectivity index (χ2v) is 3.29. The lowest BCUT2D eigenvalue weighted by molar-refractivity contribution is 0.256. The third-order valence-electron chi connectivity index (χ3n) is 2.30. The maximum Gasteiger partial charge on any atom is 0.104 e. The molecule has 1 aliphatic rings. The average Bonchev–Trinajstić information content (AvgIpc) is 2.69. The fourth-order valence-electron chi connectivity index (χ4n) is 1.51. The second kappa shape index (κ2) is 4.30. The zero-order chi connectivity index (χ0) is 8.93. The molecule has 1 aliphatic heterocycles. The van der Waals surface area contributed by atoms with Crippen LogP contribution in [-0.4, -0.2) is 42.7 Å². The van der Waals surface area contributed by atoms with Crippen molar-refractivity contribution in [1.82, 2.24) is 15.2 Å². The van der Waals surface area contributed by atoms with Crippen LogP contribution in [0.1, 0.15) is 0 Å². The van der Waals surface area contributed by atoms with Crippen LogP contribution in [0.3, 0.4) is 0 Å². The van der Waals surface area contributed by atoms with E-state index in [0.717, 1.165) is 38.7 Å². The highest BCUT2D eigenvalue weighted by Gasteiger charge is 2.07. The van der Waals surface area contributed by atoms with Crippen molar-refractivity contribution >= 4 is 5.82 Å². The Hall–Kier alpha value is -1.00. The van der Waals surface area contributed by atoms with Gasteiger partial charge in [-0.05, 0) is 12.1 Å². The van der Waals surface area contributed by atoms with Crippen molar-refractivity contribution in [3.63, 3.8) is 0 Å². The van der Waals surface area contributed by atoms with E-state index in [1.165, 1.54) is 0 Å². The minimum atomic E-state index is 0.933. The van der Waals surface area contributed by atoms with E-state index in [9.17, 15) is 0 Å². The summed E-state index contributed by atoms with van der Waals surface area (Å²) in [6.07, 6.45) is 1.93. The van der Waals surface area contributed by atoms with Gasteiger partial charge in [0.2, 0.25) is 0 Å². The van der Waals surface area contributed by atoms with Gasteiger partial charge >= 0.3 is 0 Å². The third kappa shape index (κ3) is 2.47. The Labute approximate surface area is 78.3 Å². The van der Waals surface area contributed by atoms with E-state index in [4.69, 9.17) is 0 Å². The standard InChI is InChI=1S/C9H16N4/c1-2-9(11-3-1)12-8-13-6-4-10-5-7-13/h1-3,10-12H,4-8H2. The van der Waals surface area contributed by atoms with E-state index < -0.39 is 0 Å². The van der Waals surface area contributed by atoms with Crippen molar-refractivity contribution in [2.24, 2.45) is 0 Å². The van der Waals surface area contributed by atoms with Gasteiger partial charge in [-0.3, -0.25) is 4.90 Å².